The molecule has 2 aromatic carbocycles. The highest BCUT2D eigenvalue weighted by Crippen LogP contribution is 2.32. The number of nitrogens with one attached hydrogen (secondary N) is 3. The van der Waals surface area contributed by atoms with Crippen LogP contribution in [0.2, 0.25) is 0 Å². The number of alkyl halides is 3. The molecule has 170 valence electrons. The van der Waals surface area contributed by atoms with Crippen LogP contribution in [0.15, 0.2) is 53.8 Å². The van der Waals surface area contributed by atoms with Crippen molar-refractivity contribution in [2.45, 2.75) is 19.5 Å². The zero-order valence-electron chi connectivity index (χ0n) is 17.5. The van der Waals surface area contributed by atoms with E-state index in [1.807, 2.05) is 13.0 Å². The van der Waals surface area contributed by atoms with E-state index in [0.29, 0.717) is 30.2 Å². The maximum Gasteiger partial charge on any atom is 0.416 e. The molecule has 2 amide bonds. The minimum Gasteiger partial charge on any atom is -0.382 e. The summed E-state index contributed by atoms with van der Waals surface area (Å²) in [5, 5.41) is 8.24. The molecule has 4 rings (SSSR count). The van der Waals surface area contributed by atoms with Crippen LogP contribution in [0.4, 0.5) is 46.7 Å². The van der Waals surface area contributed by atoms with E-state index >= 15 is 0 Å². The monoisotopic (exact) mass is 455 g/mol. The Hall–Kier alpha value is -4.15. The first kappa shape index (κ1) is 22.1. The predicted octanol–water partition coefficient (Wildman–Crippen LogP) is 4.97. The van der Waals surface area contributed by atoms with E-state index in [0.717, 1.165) is 29.0 Å². The lowest BCUT2D eigenvalue weighted by molar-refractivity contribution is -0.137. The third-order valence-electron chi connectivity index (χ3n) is 5.01. The Kier molecular flexibility index (Phi) is 5.86. The van der Waals surface area contributed by atoms with E-state index in [1.165, 1.54) is 18.5 Å². The zero-order valence-corrected chi connectivity index (χ0v) is 17.5. The van der Waals surface area contributed by atoms with Gasteiger partial charge in [0, 0.05) is 29.9 Å². The number of nitrogen functional groups attached to an aromatic ring is 1. The second-order valence-corrected chi connectivity index (χ2v) is 7.38. The molecule has 0 spiro atoms. The van der Waals surface area contributed by atoms with Gasteiger partial charge in [-0.15, -0.1) is 0 Å². The van der Waals surface area contributed by atoms with Gasteiger partial charge in [-0.25, -0.2) is 19.8 Å². The number of halogens is 3. The van der Waals surface area contributed by atoms with Crippen molar-refractivity contribution in [3.8, 4) is 0 Å². The molecule has 1 aliphatic rings. The minimum atomic E-state index is -4.50. The lowest BCUT2D eigenvalue weighted by Crippen LogP contribution is -2.20. The zero-order chi connectivity index (χ0) is 23.6. The number of urea groups is 1. The molecular formula is C22H20F3N7O. The van der Waals surface area contributed by atoms with E-state index in [9.17, 15) is 18.0 Å². The lowest BCUT2D eigenvalue weighted by Gasteiger charge is -2.13. The summed E-state index contributed by atoms with van der Waals surface area (Å²) in [5.74, 6) is 0.796. The number of nitrogens with zero attached hydrogens (tertiary/aromatic N) is 3. The molecule has 33 heavy (non-hydrogen) atoms. The molecule has 5 N–H and O–H groups in total. The van der Waals surface area contributed by atoms with Crippen molar-refractivity contribution >= 4 is 40.4 Å². The fraction of sp³-hybridized carbons (Fsp3) is 0.182. The molecule has 0 fully saturated rings. The van der Waals surface area contributed by atoms with Crippen LogP contribution in [0.25, 0.3) is 0 Å². The average molecular weight is 455 g/mol. The summed E-state index contributed by atoms with van der Waals surface area (Å²) >= 11 is 0. The van der Waals surface area contributed by atoms with Crippen molar-refractivity contribution in [3.05, 3.63) is 65.5 Å². The standard InChI is InChI=1S/C22H20F3N7O/c1-12-5-6-15(31-21(33)30-14-4-2-3-13(9-14)22(23,24)25)10-16(12)17-7-8-27-20-18(32-17)19(26)28-11-29-20/h2-6,9-11H,7-8H2,1H3,(H2,30,31,33)(H3,26,27,28,29). The number of benzene rings is 2. The third kappa shape index (κ3) is 5.03. The molecule has 2 heterocycles. The molecule has 0 bridgehead atoms. The number of anilines is 4. The highest BCUT2D eigenvalue weighted by molar-refractivity contribution is 6.07. The van der Waals surface area contributed by atoms with Crippen LogP contribution in [0.5, 0.6) is 0 Å². The number of hydrogen-bond donors (Lipinski definition) is 4. The Morgan fingerprint density at radius 1 is 1.09 bits per heavy atom. The van der Waals surface area contributed by atoms with E-state index in [4.69, 9.17) is 5.73 Å². The van der Waals surface area contributed by atoms with Crippen LogP contribution >= 0.6 is 0 Å². The molecule has 1 aliphatic heterocycles. The molecule has 0 atom stereocenters. The lowest BCUT2D eigenvalue weighted by atomic mass is 10.0. The van der Waals surface area contributed by atoms with Crippen LogP contribution in [-0.2, 0) is 6.18 Å². The molecule has 11 heteroatoms. The molecular weight excluding hydrogens is 435 g/mol. The minimum absolute atomic E-state index is 0.0287. The maximum absolute atomic E-state index is 12.9. The van der Waals surface area contributed by atoms with Crippen LogP contribution in [-0.4, -0.2) is 28.3 Å². The van der Waals surface area contributed by atoms with E-state index < -0.39 is 17.8 Å². The van der Waals surface area contributed by atoms with Gasteiger partial charge in [0.1, 0.15) is 12.0 Å². The molecule has 1 aromatic heterocycles. The van der Waals surface area contributed by atoms with Crippen LogP contribution in [0.3, 0.4) is 0 Å². The average Bonchev–Trinajstić information content (AvgIpc) is 2.98. The van der Waals surface area contributed by atoms with E-state index in [-0.39, 0.29) is 11.5 Å². The van der Waals surface area contributed by atoms with Crippen molar-refractivity contribution in [1.29, 1.82) is 0 Å². The van der Waals surface area contributed by atoms with Gasteiger partial charge in [-0.2, -0.15) is 13.2 Å². The van der Waals surface area contributed by atoms with E-state index in [2.05, 4.69) is 30.9 Å². The number of aryl methyl sites for hydroxylation is 1. The Labute approximate surface area is 187 Å². The summed E-state index contributed by atoms with van der Waals surface area (Å²) in [6.45, 7) is 2.49. The summed E-state index contributed by atoms with van der Waals surface area (Å²) in [6, 6.07) is 9.03. The smallest absolute Gasteiger partial charge is 0.382 e. The molecule has 0 aliphatic carbocycles. The van der Waals surface area contributed by atoms with Gasteiger partial charge < -0.3 is 21.7 Å². The second kappa shape index (κ2) is 8.77. The first-order valence-corrected chi connectivity index (χ1v) is 9.99. The van der Waals surface area contributed by atoms with Gasteiger partial charge in [-0.1, -0.05) is 12.1 Å². The van der Waals surface area contributed by atoms with Gasteiger partial charge in [0.05, 0.1) is 11.3 Å². The number of amides is 2. The number of nitrogens with two attached hydrogens (primary N) is 1. The predicted molar refractivity (Wildman–Crippen MR) is 121 cm³/mol. The van der Waals surface area contributed by atoms with Crippen molar-refractivity contribution in [1.82, 2.24) is 9.97 Å². The molecule has 3 aromatic rings. The summed E-state index contributed by atoms with van der Waals surface area (Å²) in [5.41, 5.74) is 8.51. The molecule has 0 saturated carbocycles. The first-order chi connectivity index (χ1) is 15.7. The van der Waals surface area contributed by atoms with E-state index in [1.54, 1.807) is 12.1 Å². The number of rotatable bonds is 3. The first-order valence-electron chi connectivity index (χ1n) is 9.99. The van der Waals surface area contributed by atoms with Crippen molar-refractivity contribution in [2.75, 3.05) is 28.2 Å². The molecule has 0 unspecified atom stereocenters. The number of aromatic nitrogens is 2. The summed E-state index contributed by atoms with van der Waals surface area (Å²) in [6.07, 6.45) is -2.56. The van der Waals surface area contributed by atoms with Gasteiger partial charge in [0.15, 0.2) is 11.6 Å². The summed E-state index contributed by atoms with van der Waals surface area (Å²) in [4.78, 5) is 25.2. The summed E-state index contributed by atoms with van der Waals surface area (Å²) in [7, 11) is 0. The maximum atomic E-state index is 12.9. The van der Waals surface area contributed by atoms with Crippen LogP contribution < -0.4 is 21.7 Å². The van der Waals surface area contributed by atoms with Crippen molar-refractivity contribution < 1.29 is 18.0 Å². The number of aliphatic imine (C=N–C) groups is 1. The van der Waals surface area contributed by atoms with Crippen molar-refractivity contribution in [2.24, 2.45) is 4.99 Å². The topological polar surface area (TPSA) is 117 Å². The molecule has 8 nitrogen and oxygen atoms in total. The van der Waals surface area contributed by atoms with Gasteiger partial charge in [0.2, 0.25) is 0 Å². The number of fused-ring (bicyclic) bond motifs is 1. The Bertz CT molecular complexity index is 1240. The highest BCUT2D eigenvalue weighted by atomic mass is 19.4. The second-order valence-electron chi connectivity index (χ2n) is 7.38. The normalized spacial score (nSPS) is 13.3. The van der Waals surface area contributed by atoms with Gasteiger partial charge in [0.25, 0.3) is 0 Å². The third-order valence-corrected chi connectivity index (χ3v) is 5.01. The van der Waals surface area contributed by atoms with Gasteiger partial charge >= 0.3 is 12.2 Å². The quantitative estimate of drug-likeness (QED) is 0.445. The van der Waals surface area contributed by atoms with Crippen molar-refractivity contribution in [3.63, 3.8) is 0 Å². The molecule has 0 saturated heterocycles. The van der Waals surface area contributed by atoms with Gasteiger partial charge in [-0.3, -0.25) is 0 Å². The Morgan fingerprint density at radius 2 is 1.85 bits per heavy atom. The number of hydrogen-bond acceptors (Lipinski definition) is 6. The Morgan fingerprint density at radius 3 is 2.61 bits per heavy atom. The Balaban J connectivity index is 1.56. The SMILES string of the molecule is Cc1ccc(NC(=O)Nc2cccc(C(F)(F)F)c2)cc1C1=Nc2c(N)ncnc2NCC1. The van der Waals surface area contributed by atoms with Gasteiger partial charge in [-0.05, 0) is 42.8 Å². The fourth-order valence-electron chi connectivity index (χ4n) is 3.39. The number of carbonyl (C=O) groups is 1. The highest BCUT2D eigenvalue weighted by Gasteiger charge is 2.30. The summed E-state index contributed by atoms with van der Waals surface area (Å²) < 4.78 is 38.7. The number of carbonyl (C=O) groups excluding carboxylic acids is 1. The largest absolute Gasteiger partial charge is 0.416 e. The molecule has 0 radical (unpaired) electrons. The fourth-order valence-corrected chi connectivity index (χ4v) is 3.39. The van der Waals surface area contributed by atoms with Crippen LogP contribution in [0, 0.1) is 6.92 Å². The van der Waals surface area contributed by atoms with Crippen LogP contribution in [0.1, 0.15) is 23.1 Å².